The van der Waals surface area contributed by atoms with Gasteiger partial charge in [-0.05, 0) is 18.9 Å². The molecule has 0 spiro atoms. The van der Waals surface area contributed by atoms with Gasteiger partial charge in [0, 0.05) is 18.7 Å². The zero-order chi connectivity index (χ0) is 15.6. The summed E-state index contributed by atoms with van der Waals surface area (Å²) in [5, 5.41) is 20.1. The molecule has 0 radical (unpaired) electrons. The molecule has 21 heavy (non-hydrogen) atoms. The van der Waals surface area contributed by atoms with Crippen LogP contribution >= 0.6 is 0 Å². The summed E-state index contributed by atoms with van der Waals surface area (Å²) in [4.78, 5) is 24.4. The van der Waals surface area contributed by atoms with Gasteiger partial charge in [-0.15, -0.1) is 0 Å². The zero-order valence-corrected chi connectivity index (χ0v) is 11.0. The first kappa shape index (κ1) is 15.2. The number of carbonyl (C=O) groups is 2. The molecule has 1 fully saturated rings. The number of benzene rings is 1. The smallest absolute Gasteiger partial charge is 0.337 e. The van der Waals surface area contributed by atoms with Gasteiger partial charge in [0.15, 0.2) is 11.6 Å². The summed E-state index contributed by atoms with van der Waals surface area (Å²) in [6, 6.07) is 0.470. The maximum absolute atomic E-state index is 13.2. The third-order valence-electron chi connectivity index (χ3n) is 3.12. The molecule has 114 valence electrons. The van der Waals surface area contributed by atoms with Gasteiger partial charge >= 0.3 is 12.0 Å². The molecule has 2 amide bonds. The lowest BCUT2D eigenvalue weighted by molar-refractivity contribution is 0.0697. The van der Waals surface area contributed by atoms with E-state index in [-0.39, 0.29) is 24.9 Å². The summed E-state index contributed by atoms with van der Waals surface area (Å²) in [5.74, 6) is -4.04. The Morgan fingerprint density at radius 1 is 1.29 bits per heavy atom. The van der Waals surface area contributed by atoms with Crippen LogP contribution in [-0.2, 0) is 0 Å². The zero-order valence-electron chi connectivity index (χ0n) is 11.0. The second-order valence-corrected chi connectivity index (χ2v) is 4.70. The van der Waals surface area contributed by atoms with Gasteiger partial charge in [-0.3, -0.25) is 0 Å². The van der Waals surface area contributed by atoms with Crippen LogP contribution in [0, 0.1) is 11.6 Å². The number of carboxylic acids is 1. The van der Waals surface area contributed by atoms with Crippen molar-refractivity contribution in [2.24, 2.45) is 0 Å². The van der Waals surface area contributed by atoms with Crippen LogP contribution in [0.15, 0.2) is 12.1 Å². The summed E-state index contributed by atoms with van der Waals surface area (Å²) >= 11 is 0. The van der Waals surface area contributed by atoms with E-state index in [0.717, 1.165) is 12.8 Å². The molecule has 0 aliphatic heterocycles. The van der Waals surface area contributed by atoms with Crippen molar-refractivity contribution in [1.29, 1.82) is 0 Å². The first-order valence-corrected chi connectivity index (χ1v) is 6.35. The fourth-order valence-electron chi connectivity index (χ4n) is 1.96. The van der Waals surface area contributed by atoms with E-state index < -0.39 is 29.2 Å². The van der Waals surface area contributed by atoms with Crippen molar-refractivity contribution in [2.75, 3.05) is 18.5 Å². The summed E-state index contributed by atoms with van der Waals surface area (Å²) < 4.78 is 26.3. The first-order valence-electron chi connectivity index (χ1n) is 6.35. The lowest BCUT2D eigenvalue weighted by atomic mass is 10.1. The highest BCUT2D eigenvalue weighted by atomic mass is 19.2. The SMILES string of the molecule is O=C(O)c1cc(F)c(F)cc1NC(=O)N(CCO)C1CC1. The number of hydrogen-bond donors (Lipinski definition) is 3. The van der Waals surface area contributed by atoms with Crippen LogP contribution in [0.2, 0.25) is 0 Å². The molecule has 0 saturated heterocycles. The molecule has 1 aliphatic rings. The number of urea groups is 1. The molecular formula is C13H14F2N2O4. The predicted molar refractivity (Wildman–Crippen MR) is 69.1 cm³/mol. The third-order valence-corrected chi connectivity index (χ3v) is 3.12. The van der Waals surface area contributed by atoms with E-state index in [1.807, 2.05) is 0 Å². The monoisotopic (exact) mass is 300 g/mol. The minimum atomic E-state index is -1.48. The van der Waals surface area contributed by atoms with Gasteiger partial charge in [0.1, 0.15) is 0 Å². The number of anilines is 1. The number of rotatable bonds is 5. The quantitative estimate of drug-likeness (QED) is 0.771. The van der Waals surface area contributed by atoms with Gasteiger partial charge in [-0.1, -0.05) is 0 Å². The lowest BCUT2D eigenvalue weighted by Gasteiger charge is -2.22. The van der Waals surface area contributed by atoms with Gasteiger partial charge in [-0.2, -0.15) is 0 Å². The fourth-order valence-corrected chi connectivity index (χ4v) is 1.96. The van der Waals surface area contributed by atoms with Crippen LogP contribution in [0.1, 0.15) is 23.2 Å². The molecule has 0 unspecified atom stereocenters. The van der Waals surface area contributed by atoms with Crippen LogP contribution in [-0.4, -0.2) is 46.3 Å². The lowest BCUT2D eigenvalue weighted by Crippen LogP contribution is -2.39. The average molecular weight is 300 g/mol. The standard InChI is InChI=1S/C13H14F2N2O4/c14-9-5-8(12(19)20)11(6-10(9)15)16-13(21)17(3-4-18)7-1-2-7/h5-7,18H,1-4H2,(H,16,21)(H,19,20). The van der Waals surface area contributed by atoms with Crippen molar-refractivity contribution < 1.29 is 28.6 Å². The van der Waals surface area contributed by atoms with Crippen LogP contribution in [0.5, 0.6) is 0 Å². The minimum Gasteiger partial charge on any atom is -0.478 e. The Bertz CT molecular complexity index is 576. The van der Waals surface area contributed by atoms with Crippen molar-refractivity contribution in [3.05, 3.63) is 29.3 Å². The number of carbonyl (C=O) groups excluding carboxylic acids is 1. The van der Waals surface area contributed by atoms with Crippen LogP contribution in [0.4, 0.5) is 19.3 Å². The second-order valence-electron chi connectivity index (χ2n) is 4.70. The van der Waals surface area contributed by atoms with Gasteiger partial charge in [0.25, 0.3) is 0 Å². The van der Waals surface area contributed by atoms with Gasteiger partial charge < -0.3 is 20.4 Å². The Labute approximate surface area is 119 Å². The van der Waals surface area contributed by atoms with Crippen molar-refractivity contribution in [3.8, 4) is 0 Å². The number of aromatic carboxylic acids is 1. The Morgan fingerprint density at radius 2 is 1.90 bits per heavy atom. The van der Waals surface area contributed by atoms with E-state index in [2.05, 4.69) is 5.32 Å². The molecule has 0 bridgehead atoms. The van der Waals surface area contributed by atoms with E-state index in [1.54, 1.807) is 0 Å². The number of hydrogen-bond acceptors (Lipinski definition) is 3. The molecule has 3 N–H and O–H groups in total. The van der Waals surface area contributed by atoms with Crippen LogP contribution in [0.25, 0.3) is 0 Å². The average Bonchev–Trinajstić information content (AvgIpc) is 3.23. The first-order chi connectivity index (χ1) is 9.93. The molecule has 2 rings (SSSR count). The number of aliphatic hydroxyl groups excluding tert-OH is 1. The highest BCUT2D eigenvalue weighted by Gasteiger charge is 2.32. The van der Waals surface area contributed by atoms with E-state index in [1.165, 1.54) is 4.90 Å². The van der Waals surface area contributed by atoms with Crippen molar-refractivity contribution in [1.82, 2.24) is 4.90 Å². The number of carboxylic acid groups (broad SMARTS) is 1. The van der Waals surface area contributed by atoms with Gasteiger partial charge in [0.2, 0.25) is 0 Å². The summed E-state index contributed by atoms with van der Waals surface area (Å²) in [5.41, 5.74) is -0.864. The summed E-state index contributed by atoms with van der Waals surface area (Å²) in [6.45, 7) is -0.157. The number of nitrogens with one attached hydrogen (secondary N) is 1. The molecule has 1 saturated carbocycles. The molecule has 0 aromatic heterocycles. The van der Waals surface area contributed by atoms with Crippen LogP contribution in [0.3, 0.4) is 0 Å². The number of nitrogens with zero attached hydrogens (tertiary/aromatic N) is 1. The normalized spacial score (nSPS) is 13.9. The molecular weight excluding hydrogens is 286 g/mol. The number of halogens is 2. The Morgan fingerprint density at radius 3 is 2.43 bits per heavy atom. The Kier molecular flexibility index (Phi) is 4.37. The largest absolute Gasteiger partial charge is 0.478 e. The highest BCUT2D eigenvalue weighted by Crippen LogP contribution is 2.28. The summed E-state index contributed by atoms with van der Waals surface area (Å²) in [7, 11) is 0. The maximum atomic E-state index is 13.2. The highest BCUT2D eigenvalue weighted by molar-refractivity contribution is 6.00. The van der Waals surface area contributed by atoms with Crippen molar-refractivity contribution in [3.63, 3.8) is 0 Å². The second kappa shape index (κ2) is 6.04. The molecule has 8 heteroatoms. The maximum Gasteiger partial charge on any atom is 0.337 e. The Balaban J connectivity index is 2.23. The Hall–Kier alpha value is -2.22. The van der Waals surface area contributed by atoms with Crippen molar-refractivity contribution in [2.45, 2.75) is 18.9 Å². The molecule has 6 nitrogen and oxygen atoms in total. The van der Waals surface area contributed by atoms with Crippen molar-refractivity contribution >= 4 is 17.7 Å². The third kappa shape index (κ3) is 3.46. The molecule has 1 aromatic rings. The summed E-state index contributed by atoms with van der Waals surface area (Å²) in [6.07, 6.45) is 1.58. The fraction of sp³-hybridized carbons (Fsp3) is 0.385. The molecule has 1 aromatic carbocycles. The van der Waals surface area contributed by atoms with Gasteiger partial charge in [0.05, 0.1) is 17.9 Å². The van der Waals surface area contributed by atoms with E-state index in [0.29, 0.717) is 12.1 Å². The molecule has 0 heterocycles. The molecule has 0 atom stereocenters. The predicted octanol–water partition coefficient (Wildman–Crippen LogP) is 1.65. The van der Waals surface area contributed by atoms with E-state index >= 15 is 0 Å². The van der Waals surface area contributed by atoms with E-state index in [4.69, 9.17) is 10.2 Å². The number of aliphatic hydroxyl groups is 1. The van der Waals surface area contributed by atoms with Crippen LogP contribution < -0.4 is 5.32 Å². The molecule has 1 aliphatic carbocycles. The van der Waals surface area contributed by atoms with Gasteiger partial charge in [-0.25, -0.2) is 18.4 Å². The number of amides is 2. The minimum absolute atomic E-state index is 0.0178. The van der Waals surface area contributed by atoms with E-state index in [9.17, 15) is 18.4 Å². The topological polar surface area (TPSA) is 89.9 Å².